The number of anilines is 1. The lowest BCUT2D eigenvalue weighted by molar-refractivity contribution is -0.116. The molecule has 1 fully saturated rings. The van der Waals surface area contributed by atoms with Crippen LogP contribution in [0.1, 0.15) is 37.8 Å². The van der Waals surface area contributed by atoms with Gasteiger partial charge in [-0.05, 0) is 37.5 Å². The fourth-order valence-electron chi connectivity index (χ4n) is 3.64. The normalized spacial score (nSPS) is 14.3. The minimum absolute atomic E-state index is 0.0572. The number of hydrogen-bond acceptors (Lipinski definition) is 5. The van der Waals surface area contributed by atoms with E-state index < -0.39 is 0 Å². The molecule has 6 nitrogen and oxygen atoms in total. The van der Waals surface area contributed by atoms with E-state index in [-0.39, 0.29) is 11.9 Å². The van der Waals surface area contributed by atoms with E-state index in [1.165, 1.54) is 18.4 Å². The van der Waals surface area contributed by atoms with Crippen LogP contribution in [0.25, 0.3) is 0 Å². The SMILES string of the molecule is COc1cc(NC(=O)CCN(C2CC2)C(C)c2ccc(Cl)cc2)cc(OC)c1OC. The number of benzene rings is 2. The Hall–Kier alpha value is -2.44. The fourth-order valence-corrected chi connectivity index (χ4v) is 3.76. The Kier molecular flexibility index (Phi) is 7.45. The summed E-state index contributed by atoms with van der Waals surface area (Å²) < 4.78 is 16.0. The zero-order valence-corrected chi connectivity index (χ0v) is 18.7. The number of ether oxygens (including phenoxy) is 3. The fraction of sp³-hybridized carbons (Fsp3) is 0.435. The second kappa shape index (κ2) is 10.0. The zero-order valence-electron chi connectivity index (χ0n) is 17.9. The summed E-state index contributed by atoms with van der Waals surface area (Å²) in [5, 5.41) is 3.68. The lowest BCUT2D eigenvalue weighted by Gasteiger charge is -2.29. The molecule has 1 aliphatic rings. The molecule has 0 aromatic heterocycles. The highest BCUT2D eigenvalue weighted by atomic mass is 35.5. The predicted molar refractivity (Wildman–Crippen MR) is 119 cm³/mol. The van der Waals surface area contributed by atoms with Crippen LogP contribution in [-0.2, 0) is 4.79 Å². The number of amides is 1. The third kappa shape index (κ3) is 5.37. The number of methoxy groups -OCH3 is 3. The molecule has 2 aromatic rings. The molecule has 0 bridgehead atoms. The second-order valence-electron chi connectivity index (χ2n) is 7.41. The largest absolute Gasteiger partial charge is 0.493 e. The van der Waals surface area contributed by atoms with Crippen molar-refractivity contribution in [2.45, 2.75) is 38.3 Å². The van der Waals surface area contributed by atoms with Gasteiger partial charge in [-0.2, -0.15) is 0 Å². The zero-order chi connectivity index (χ0) is 21.7. The minimum Gasteiger partial charge on any atom is -0.493 e. The van der Waals surface area contributed by atoms with Crippen LogP contribution in [0.2, 0.25) is 5.02 Å². The molecule has 162 valence electrons. The van der Waals surface area contributed by atoms with Gasteiger partial charge in [-0.25, -0.2) is 0 Å². The van der Waals surface area contributed by atoms with Gasteiger partial charge in [0.1, 0.15) is 0 Å². The van der Waals surface area contributed by atoms with Crippen LogP contribution >= 0.6 is 11.6 Å². The van der Waals surface area contributed by atoms with Gasteiger partial charge < -0.3 is 19.5 Å². The summed E-state index contributed by atoms with van der Waals surface area (Å²) in [5.41, 5.74) is 1.81. The lowest BCUT2D eigenvalue weighted by atomic mass is 10.1. The van der Waals surface area contributed by atoms with E-state index in [0.717, 1.165) is 5.02 Å². The van der Waals surface area contributed by atoms with Crippen molar-refractivity contribution >= 4 is 23.2 Å². The topological polar surface area (TPSA) is 60.0 Å². The van der Waals surface area contributed by atoms with Gasteiger partial charge in [-0.15, -0.1) is 0 Å². The Morgan fingerprint density at radius 2 is 1.70 bits per heavy atom. The lowest BCUT2D eigenvalue weighted by Crippen LogP contribution is -2.32. The number of carbonyl (C=O) groups excluding carboxylic acids is 1. The molecule has 1 amide bonds. The summed E-state index contributed by atoms with van der Waals surface area (Å²) in [6.07, 6.45) is 2.74. The molecule has 2 aromatic carbocycles. The Labute approximate surface area is 183 Å². The first kappa shape index (κ1) is 22.2. The molecule has 1 saturated carbocycles. The second-order valence-corrected chi connectivity index (χ2v) is 7.85. The van der Waals surface area contributed by atoms with Gasteiger partial charge in [0.15, 0.2) is 11.5 Å². The summed E-state index contributed by atoms with van der Waals surface area (Å²) in [7, 11) is 4.65. The van der Waals surface area contributed by atoms with Crippen LogP contribution < -0.4 is 19.5 Å². The highest BCUT2D eigenvalue weighted by Gasteiger charge is 2.32. The van der Waals surface area contributed by atoms with Crippen LogP contribution in [-0.4, -0.2) is 44.7 Å². The smallest absolute Gasteiger partial charge is 0.225 e. The van der Waals surface area contributed by atoms with Crippen LogP contribution in [0, 0.1) is 0 Å². The predicted octanol–water partition coefficient (Wildman–Crippen LogP) is 4.92. The van der Waals surface area contributed by atoms with Gasteiger partial charge in [-0.3, -0.25) is 9.69 Å². The minimum atomic E-state index is -0.0572. The van der Waals surface area contributed by atoms with E-state index in [2.05, 4.69) is 29.3 Å². The summed E-state index contributed by atoms with van der Waals surface area (Å²) in [6.45, 7) is 2.86. The molecule has 7 heteroatoms. The molecular weight excluding hydrogens is 404 g/mol. The van der Waals surface area contributed by atoms with Crippen LogP contribution in [0.5, 0.6) is 17.2 Å². The van der Waals surface area contributed by atoms with E-state index in [4.69, 9.17) is 25.8 Å². The Morgan fingerprint density at radius 1 is 1.10 bits per heavy atom. The molecule has 1 aliphatic carbocycles. The summed E-state index contributed by atoms with van der Waals surface area (Å²) in [4.78, 5) is 15.1. The molecule has 0 saturated heterocycles. The maximum Gasteiger partial charge on any atom is 0.225 e. The number of nitrogens with zero attached hydrogens (tertiary/aromatic N) is 1. The average molecular weight is 433 g/mol. The molecule has 1 N–H and O–H groups in total. The number of carbonyl (C=O) groups is 1. The molecule has 1 atom stereocenters. The van der Waals surface area contributed by atoms with E-state index in [9.17, 15) is 4.79 Å². The van der Waals surface area contributed by atoms with Crippen molar-refractivity contribution in [1.82, 2.24) is 4.90 Å². The highest BCUT2D eigenvalue weighted by Crippen LogP contribution is 2.40. The Morgan fingerprint density at radius 3 is 2.20 bits per heavy atom. The summed E-state index contributed by atoms with van der Waals surface area (Å²) >= 11 is 6.02. The molecule has 0 aliphatic heterocycles. The van der Waals surface area contributed by atoms with Crippen molar-refractivity contribution in [3.63, 3.8) is 0 Å². The van der Waals surface area contributed by atoms with Crippen LogP contribution in [0.15, 0.2) is 36.4 Å². The summed E-state index contributed by atoms with van der Waals surface area (Å²) in [5.74, 6) is 1.44. The number of halogens is 1. The Balaban J connectivity index is 1.64. The van der Waals surface area contributed by atoms with Crippen LogP contribution in [0.3, 0.4) is 0 Å². The highest BCUT2D eigenvalue weighted by molar-refractivity contribution is 6.30. The van der Waals surface area contributed by atoms with Gasteiger partial charge in [-0.1, -0.05) is 23.7 Å². The molecule has 3 rings (SSSR count). The van der Waals surface area contributed by atoms with Crippen molar-refractivity contribution in [2.24, 2.45) is 0 Å². The first-order valence-corrected chi connectivity index (χ1v) is 10.5. The van der Waals surface area contributed by atoms with Crippen molar-refractivity contribution in [3.05, 3.63) is 47.0 Å². The van der Waals surface area contributed by atoms with E-state index in [1.807, 2.05) is 12.1 Å². The first-order valence-electron chi connectivity index (χ1n) is 10.1. The molecule has 30 heavy (non-hydrogen) atoms. The van der Waals surface area contributed by atoms with E-state index in [1.54, 1.807) is 33.5 Å². The first-order chi connectivity index (χ1) is 14.5. The molecular formula is C23H29ClN2O4. The number of hydrogen-bond donors (Lipinski definition) is 1. The molecule has 1 unspecified atom stereocenters. The summed E-state index contributed by atoms with van der Waals surface area (Å²) in [6, 6.07) is 12.2. The van der Waals surface area contributed by atoms with Gasteiger partial charge in [0, 0.05) is 47.9 Å². The number of rotatable bonds is 10. The van der Waals surface area contributed by atoms with Gasteiger partial charge >= 0.3 is 0 Å². The Bertz CT molecular complexity index is 843. The van der Waals surface area contributed by atoms with Crippen molar-refractivity contribution in [3.8, 4) is 17.2 Å². The van der Waals surface area contributed by atoms with E-state index >= 15 is 0 Å². The standard InChI is InChI=1S/C23H29ClN2O4/c1-15(16-5-7-17(24)8-6-16)26(19-9-10-19)12-11-22(27)25-18-13-20(28-2)23(30-4)21(14-18)29-3/h5-8,13-15,19H,9-12H2,1-4H3,(H,25,27). The van der Waals surface area contributed by atoms with Crippen molar-refractivity contribution in [2.75, 3.05) is 33.2 Å². The average Bonchev–Trinajstić information content (AvgIpc) is 3.58. The van der Waals surface area contributed by atoms with Crippen molar-refractivity contribution < 1.29 is 19.0 Å². The maximum absolute atomic E-state index is 12.6. The number of nitrogens with one attached hydrogen (secondary N) is 1. The monoisotopic (exact) mass is 432 g/mol. The molecule has 0 radical (unpaired) electrons. The molecule has 0 spiro atoms. The van der Waals surface area contributed by atoms with Gasteiger partial charge in [0.05, 0.1) is 21.3 Å². The van der Waals surface area contributed by atoms with Gasteiger partial charge in [0.25, 0.3) is 0 Å². The maximum atomic E-state index is 12.6. The quantitative estimate of drug-likeness (QED) is 0.577. The van der Waals surface area contributed by atoms with Crippen LogP contribution in [0.4, 0.5) is 5.69 Å². The third-order valence-corrected chi connectivity index (χ3v) is 5.66. The molecule has 0 heterocycles. The van der Waals surface area contributed by atoms with E-state index in [0.29, 0.717) is 41.9 Å². The van der Waals surface area contributed by atoms with Gasteiger partial charge in [0.2, 0.25) is 11.7 Å². The van der Waals surface area contributed by atoms with Crippen molar-refractivity contribution in [1.29, 1.82) is 0 Å². The third-order valence-electron chi connectivity index (χ3n) is 5.41.